The van der Waals surface area contributed by atoms with E-state index in [9.17, 15) is 4.79 Å². The van der Waals surface area contributed by atoms with Crippen molar-refractivity contribution in [2.24, 2.45) is 0 Å². The number of benzene rings is 1. The smallest absolute Gasteiger partial charge is 0.220 e. The molecule has 2 heterocycles. The summed E-state index contributed by atoms with van der Waals surface area (Å²) in [5, 5.41) is 2.84. The van der Waals surface area contributed by atoms with Crippen molar-refractivity contribution in [1.82, 2.24) is 15.3 Å². The third kappa shape index (κ3) is 1.90. The average Bonchev–Trinajstić information content (AvgIpc) is 2.97. The second-order valence-corrected chi connectivity index (χ2v) is 4.67. The third-order valence-electron chi connectivity index (χ3n) is 3.31. The molecule has 0 radical (unpaired) electrons. The fraction of sp³-hybridized carbons (Fsp3) is 0.286. The molecule has 2 N–H and O–H groups in total. The number of nitrogens with zero attached hydrogens (tertiary/aromatic N) is 1. The summed E-state index contributed by atoms with van der Waals surface area (Å²) in [4.78, 5) is 19.2. The van der Waals surface area contributed by atoms with Gasteiger partial charge in [0.15, 0.2) is 0 Å². The summed E-state index contributed by atoms with van der Waals surface area (Å²) in [7, 11) is 0. The molecule has 18 heavy (non-hydrogen) atoms. The number of aromatic amines is 1. The summed E-state index contributed by atoms with van der Waals surface area (Å²) in [6, 6.07) is 10.1. The first-order valence-electron chi connectivity index (χ1n) is 6.12. The van der Waals surface area contributed by atoms with Crippen LogP contribution in [-0.4, -0.2) is 22.4 Å². The minimum atomic E-state index is 0.107. The van der Waals surface area contributed by atoms with Gasteiger partial charge < -0.3 is 10.3 Å². The summed E-state index contributed by atoms with van der Waals surface area (Å²) >= 11 is 0. The molecule has 4 nitrogen and oxygen atoms in total. The van der Waals surface area contributed by atoms with Crippen molar-refractivity contribution in [3.05, 3.63) is 41.9 Å². The molecule has 1 aliphatic rings. The molecular weight excluding hydrogens is 226 g/mol. The minimum Gasteiger partial charge on any atom is -0.355 e. The molecule has 0 spiro atoms. The molecule has 0 saturated carbocycles. The molecule has 92 valence electrons. The normalized spacial score (nSPS) is 18.9. The minimum absolute atomic E-state index is 0.107. The Kier molecular flexibility index (Phi) is 2.63. The number of imidazole rings is 1. The van der Waals surface area contributed by atoms with Crippen molar-refractivity contribution < 1.29 is 4.79 Å². The average molecular weight is 241 g/mol. The van der Waals surface area contributed by atoms with Crippen LogP contribution in [0, 0.1) is 6.92 Å². The molecule has 0 unspecified atom stereocenters. The SMILES string of the molecule is Cc1[nH]c([C@H]2CNC(=O)C2)nc1-c1ccccc1. The van der Waals surface area contributed by atoms with Crippen molar-refractivity contribution in [1.29, 1.82) is 0 Å². The van der Waals surface area contributed by atoms with Gasteiger partial charge in [-0.2, -0.15) is 0 Å². The number of hydrogen-bond acceptors (Lipinski definition) is 2. The Morgan fingerprint density at radius 1 is 1.28 bits per heavy atom. The maximum atomic E-state index is 11.2. The van der Waals surface area contributed by atoms with E-state index in [0.717, 1.165) is 22.8 Å². The summed E-state index contributed by atoms with van der Waals surface area (Å²) in [6.07, 6.45) is 0.529. The maximum absolute atomic E-state index is 11.2. The monoisotopic (exact) mass is 241 g/mol. The first kappa shape index (κ1) is 11.0. The number of H-pyrrole nitrogens is 1. The molecule has 1 aromatic heterocycles. The van der Waals surface area contributed by atoms with E-state index in [1.165, 1.54) is 0 Å². The molecule has 3 rings (SSSR count). The predicted molar refractivity (Wildman–Crippen MR) is 69.1 cm³/mol. The van der Waals surface area contributed by atoms with Crippen LogP contribution in [0.4, 0.5) is 0 Å². The summed E-state index contributed by atoms with van der Waals surface area (Å²) in [6.45, 7) is 2.70. The molecule has 2 aromatic rings. The van der Waals surface area contributed by atoms with Crippen LogP contribution >= 0.6 is 0 Å². The van der Waals surface area contributed by atoms with Gasteiger partial charge in [0.2, 0.25) is 5.91 Å². The van der Waals surface area contributed by atoms with Crippen LogP contribution in [0.25, 0.3) is 11.3 Å². The molecule has 1 aromatic carbocycles. The second kappa shape index (κ2) is 4.29. The lowest BCUT2D eigenvalue weighted by Gasteiger charge is -2.01. The highest BCUT2D eigenvalue weighted by Crippen LogP contribution is 2.26. The first-order chi connectivity index (χ1) is 8.74. The number of hydrogen-bond donors (Lipinski definition) is 2. The van der Waals surface area contributed by atoms with Gasteiger partial charge >= 0.3 is 0 Å². The molecular formula is C14H15N3O. The Labute approximate surface area is 105 Å². The second-order valence-electron chi connectivity index (χ2n) is 4.67. The molecule has 1 amide bonds. The number of amides is 1. The fourth-order valence-electron chi connectivity index (χ4n) is 2.35. The first-order valence-corrected chi connectivity index (χ1v) is 6.12. The highest BCUT2D eigenvalue weighted by atomic mass is 16.1. The maximum Gasteiger partial charge on any atom is 0.220 e. The van der Waals surface area contributed by atoms with E-state index < -0.39 is 0 Å². The Bertz CT molecular complexity index is 574. The van der Waals surface area contributed by atoms with Crippen molar-refractivity contribution in [3.63, 3.8) is 0 Å². The van der Waals surface area contributed by atoms with Gasteiger partial charge in [-0.1, -0.05) is 30.3 Å². The van der Waals surface area contributed by atoms with Gasteiger partial charge in [0.25, 0.3) is 0 Å². The largest absolute Gasteiger partial charge is 0.355 e. The van der Waals surface area contributed by atoms with Crippen LogP contribution in [-0.2, 0) is 4.79 Å². The molecule has 1 saturated heterocycles. The lowest BCUT2D eigenvalue weighted by atomic mass is 10.1. The summed E-state index contributed by atoms with van der Waals surface area (Å²) in [5.74, 6) is 1.19. The molecule has 1 aliphatic heterocycles. The molecule has 0 aliphatic carbocycles. The van der Waals surface area contributed by atoms with Crippen molar-refractivity contribution in [2.75, 3.05) is 6.54 Å². The van der Waals surface area contributed by atoms with Gasteiger partial charge in [0.1, 0.15) is 5.82 Å². The molecule has 4 heteroatoms. The van der Waals surface area contributed by atoms with E-state index in [-0.39, 0.29) is 11.8 Å². The lowest BCUT2D eigenvalue weighted by Crippen LogP contribution is -2.13. The Balaban J connectivity index is 1.94. The van der Waals surface area contributed by atoms with Crippen LogP contribution in [0.3, 0.4) is 0 Å². The number of carbonyl (C=O) groups excluding carboxylic acids is 1. The van der Waals surface area contributed by atoms with Gasteiger partial charge in [-0.05, 0) is 6.92 Å². The third-order valence-corrected chi connectivity index (χ3v) is 3.31. The van der Waals surface area contributed by atoms with Crippen LogP contribution in [0.1, 0.15) is 23.9 Å². The number of carbonyl (C=O) groups is 1. The molecule has 1 fully saturated rings. The van der Waals surface area contributed by atoms with Crippen molar-refractivity contribution in [3.8, 4) is 11.3 Å². The topological polar surface area (TPSA) is 57.8 Å². The Morgan fingerprint density at radius 3 is 2.72 bits per heavy atom. The lowest BCUT2D eigenvalue weighted by molar-refractivity contribution is -0.119. The fourth-order valence-corrected chi connectivity index (χ4v) is 2.35. The van der Waals surface area contributed by atoms with Gasteiger partial charge in [-0.25, -0.2) is 4.98 Å². The van der Waals surface area contributed by atoms with E-state index in [2.05, 4.69) is 15.3 Å². The van der Waals surface area contributed by atoms with Gasteiger partial charge in [-0.3, -0.25) is 4.79 Å². The Morgan fingerprint density at radius 2 is 2.06 bits per heavy atom. The zero-order valence-electron chi connectivity index (χ0n) is 10.2. The van der Waals surface area contributed by atoms with Crippen LogP contribution < -0.4 is 5.32 Å². The van der Waals surface area contributed by atoms with Crippen LogP contribution in [0.15, 0.2) is 30.3 Å². The Hall–Kier alpha value is -2.10. The van der Waals surface area contributed by atoms with E-state index in [4.69, 9.17) is 0 Å². The van der Waals surface area contributed by atoms with Gasteiger partial charge in [0, 0.05) is 30.1 Å². The predicted octanol–water partition coefficient (Wildman–Crippen LogP) is 1.99. The van der Waals surface area contributed by atoms with E-state index in [1.807, 2.05) is 37.3 Å². The van der Waals surface area contributed by atoms with Gasteiger partial charge in [-0.15, -0.1) is 0 Å². The van der Waals surface area contributed by atoms with Gasteiger partial charge in [0.05, 0.1) is 5.69 Å². The molecule has 0 bridgehead atoms. The quantitative estimate of drug-likeness (QED) is 0.844. The highest BCUT2D eigenvalue weighted by molar-refractivity contribution is 5.79. The zero-order chi connectivity index (χ0) is 12.5. The standard InChI is InChI=1S/C14H15N3O/c1-9-13(10-5-3-2-4-6-10)17-14(16-9)11-7-12(18)15-8-11/h2-6,11H,7-8H2,1H3,(H,15,18)(H,16,17)/t11-/m1/s1. The summed E-state index contributed by atoms with van der Waals surface area (Å²) in [5.41, 5.74) is 3.13. The van der Waals surface area contributed by atoms with E-state index in [1.54, 1.807) is 0 Å². The zero-order valence-corrected chi connectivity index (χ0v) is 10.2. The van der Waals surface area contributed by atoms with E-state index >= 15 is 0 Å². The van der Waals surface area contributed by atoms with Crippen LogP contribution in [0.5, 0.6) is 0 Å². The number of aryl methyl sites for hydroxylation is 1. The number of rotatable bonds is 2. The molecule has 1 atom stereocenters. The van der Waals surface area contributed by atoms with Crippen molar-refractivity contribution >= 4 is 5.91 Å². The van der Waals surface area contributed by atoms with Crippen LogP contribution in [0.2, 0.25) is 0 Å². The number of nitrogens with one attached hydrogen (secondary N) is 2. The summed E-state index contributed by atoms with van der Waals surface area (Å²) < 4.78 is 0. The van der Waals surface area contributed by atoms with E-state index in [0.29, 0.717) is 13.0 Å². The highest BCUT2D eigenvalue weighted by Gasteiger charge is 2.26. The number of aromatic nitrogens is 2. The van der Waals surface area contributed by atoms with Crippen molar-refractivity contribution in [2.45, 2.75) is 19.3 Å².